The van der Waals surface area contributed by atoms with Gasteiger partial charge in [0.2, 0.25) is 0 Å². The predicted molar refractivity (Wildman–Crippen MR) is 108 cm³/mol. The number of urea groups is 1. The minimum atomic E-state index is -0.212. The number of carbonyl (C=O) groups excluding carboxylic acids is 2. The van der Waals surface area contributed by atoms with Gasteiger partial charge in [-0.15, -0.1) is 0 Å². The highest BCUT2D eigenvalue weighted by Gasteiger charge is 2.21. The summed E-state index contributed by atoms with van der Waals surface area (Å²) in [6.45, 7) is 5.06. The number of para-hydroxylation sites is 1. The second-order valence-electron chi connectivity index (χ2n) is 6.68. The largest absolute Gasteiger partial charge is 0.336 e. The van der Waals surface area contributed by atoms with Crippen molar-refractivity contribution in [2.75, 3.05) is 23.3 Å². The van der Waals surface area contributed by atoms with Gasteiger partial charge in [0.25, 0.3) is 5.91 Å². The summed E-state index contributed by atoms with van der Waals surface area (Å²) in [4.78, 5) is 26.1. The summed E-state index contributed by atoms with van der Waals surface area (Å²) in [5, 5.41) is 10.3. The van der Waals surface area contributed by atoms with Gasteiger partial charge in [0.1, 0.15) is 0 Å². The molecule has 1 aliphatic heterocycles. The average molecular weight is 375 g/mol. The number of hydrogen-bond donors (Lipinski definition) is 2. The van der Waals surface area contributed by atoms with E-state index >= 15 is 0 Å². The molecule has 1 aromatic heterocycles. The van der Waals surface area contributed by atoms with E-state index in [4.69, 9.17) is 0 Å². The van der Waals surface area contributed by atoms with Gasteiger partial charge < -0.3 is 10.6 Å². The number of aromatic nitrogens is 2. The molecule has 4 rings (SSSR count). The van der Waals surface area contributed by atoms with E-state index in [9.17, 15) is 9.59 Å². The summed E-state index contributed by atoms with van der Waals surface area (Å²) in [6.07, 6.45) is 0. The van der Waals surface area contributed by atoms with Gasteiger partial charge in [-0.3, -0.25) is 9.69 Å². The Bertz CT molecular complexity index is 1020. The van der Waals surface area contributed by atoms with E-state index in [2.05, 4.69) is 15.7 Å². The lowest BCUT2D eigenvalue weighted by Crippen LogP contribution is -2.27. The van der Waals surface area contributed by atoms with Gasteiger partial charge in [-0.25, -0.2) is 9.48 Å². The molecule has 142 valence electrons. The number of anilines is 2. The molecular formula is C21H21N5O2. The number of carbonyl (C=O) groups is 2. The van der Waals surface area contributed by atoms with E-state index in [1.165, 1.54) is 0 Å². The Hall–Kier alpha value is -3.61. The Labute approximate surface area is 163 Å². The summed E-state index contributed by atoms with van der Waals surface area (Å²) in [6, 6.07) is 16.7. The molecule has 7 heteroatoms. The summed E-state index contributed by atoms with van der Waals surface area (Å²) in [7, 11) is 0. The maximum absolute atomic E-state index is 12.7. The second kappa shape index (κ2) is 7.19. The SMILES string of the molecule is Cc1nn(-c2ccccc2)c(C)c1NC(=O)c1ccc(N2CCNC2=O)cc1. The van der Waals surface area contributed by atoms with E-state index in [1.54, 1.807) is 29.2 Å². The molecule has 0 unspecified atom stereocenters. The highest BCUT2D eigenvalue weighted by Crippen LogP contribution is 2.24. The van der Waals surface area contributed by atoms with Crippen molar-refractivity contribution in [1.82, 2.24) is 15.1 Å². The maximum atomic E-state index is 12.7. The van der Waals surface area contributed by atoms with Crippen LogP contribution in [0.4, 0.5) is 16.2 Å². The molecule has 2 heterocycles. The lowest BCUT2D eigenvalue weighted by molar-refractivity contribution is 0.102. The van der Waals surface area contributed by atoms with Crippen molar-refractivity contribution in [1.29, 1.82) is 0 Å². The summed E-state index contributed by atoms with van der Waals surface area (Å²) in [5.41, 5.74) is 4.56. The highest BCUT2D eigenvalue weighted by atomic mass is 16.2. The number of aryl methyl sites for hydroxylation is 1. The maximum Gasteiger partial charge on any atom is 0.321 e. The zero-order valence-electron chi connectivity index (χ0n) is 15.8. The summed E-state index contributed by atoms with van der Waals surface area (Å²) in [5.74, 6) is -0.212. The number of amides is 3. The van der Waals surface area contributed by atoms with Crippen molar-refractivity contribution in [3.05, 3.63) is 71.5 Å². The van der Waals surface area contributed by atoms with E-state index in [1.807, 2.05) is 48.9 Å². The monoisotopic (exact) mass is 375 g/mol. The van der Waals surface area contributed by atoms with Crippen LogP contribution in [0.1, 0.15) is 21.7 Å². The van der Waals surface area contributed by atoms with Gasteiger partial charge in [0, 0.05) is 24.3 Å². The molecule has 0 bridgehead atoms. The van der Waals surface area contributed by atoms with Crippen molar-refractivity contribution in [2.45, 2.75) is 13.8 Å². The molecular weight excluding hydrogens is 354 g/mol. The number of nitrogens with zero attached hydrogens (tertiary/aromatic N) is 3. The molecule has 1 aliphatic rings. The Kier molecular flexibility index (Phi) is 4.57. The quantitative estimate of drug-likeness (QED) is 0.735. The highest BCUT2D eigenvalue weighted by molar-refractivity contribution is 6.05. The van der Waals surface area contributed by atoms with Gasteiger partial charge in [0.05, 0.1) is 22.8 Å². The third kappa shape index (κ3) is 3.22. The van der Waals surface area contributed by atoms with Crippen LogP contribution < -0.4 is 15.5 Å². The van der Waals surface area contributed by atoms with Crippen molar-refractivity contribution in [3.8, 4) is 5.69 Å². The Morgan fingerprint density at radius 2 is 1.75 bits per heavy atom. The van der Waals surface area contributed by atoms with Crippen molar-refractivity contribution in [3.63, 3.8) is 0 Å². The summed E-state index contributed by atoms with van der Waals surface area (Å²) >= 11 is 0. The molecule has 0 atom stereocenters. The number of nitrogens with one attached hydrogen (secondary N) is 2. The number of hydrogen-bond acceptors (Lipinski definition) is 3. The van der Waals surface area contributed by atoms with Crippen LogP contribution in [-0.4, -0.2) is 34.8 Å². The zero-order chi connectivity index (χ0) is 19.7. The molecule has 2 N–H and O–H groups in total. The summed E-state index contributed by atoms with van der Waals surface area (Å²) < 4.78 is 1.82. The molecule has 0 saturated carbocycles. The van der Waals surface area contributed by atoms with Crippen LogP contribution in [0.15, 0.2) is 54.6 Å². The second-order valence-corrected chi connectivity index (χ2v) is 6.68. The fourth-order valence-electron chi connectivity index (χ4n) is 3.34. The minimum Gasteiger partial charge on any atom is -0.336 e. The third-order valence-electron chi connectivity index (χ3n) is 4.83. The van der Waals surface area contributed by atoms with Crippen LogP contribution in [0.5, 0.6) is 0 Å². The standard InChI is InChI=1S/C21H21N5O2/c1-14-19(15(2)26(24-14)18-6-4-3-5-7-18)23-20(27)16-8-10-17(11-9-16)25-13-12-22-21(25)28/h3-11H,12-13H2,1-2H3,(H,22,28)(H,23,27). The lowest BCUT2D eigenvalue weighted by Gasteiger charge is -2.14. The van der Waals surface area contributed by atoms with E-state index < -0.39 is 0 Å². The van der Waals surface area contributed by atoms with Gasteiger partial charge in [-0.2, -0.15) is 5.10 Å². The molecule has 0 aliphatic carbocycles. The first-order chi connectivity index (χ1) is 13.5. The molecule has 7 nitrogen and oxygen atoms in total. The van der Waals surface area contributed by atoms with Crippen LogP contribution in [-0.2, 0) is 0 Å². The topological polar surface area (TPSA) is 79.3 Å². The molecule has 2 aromatic carbocycles. The van der Waals surface area contributed by atoms with Crippen molar-refractivity contribution >= 4 is 23.3 Å². The first-order valence-electron chi connectivity index (χ1n) is 9.13. The Morgan fingerprint density at radius 3 is 2.39 bits per heavy atom. The van der Waals surface area contributed by atoms with Crippen molar-refractivity contribution in [2.24, 2.45) is 0 Å². The molecule has 1 saturated heterocycles. The van der Waals surface area contributed by atoms with Crippen LogP contribution in [0.2, 0.25) is 0 Å². The van der Waals surface area contributed by atoms with Crippen molar-refractivity contribution < 1.29 is 9.59 Å². The van der Waals surface area contributed by atoms with Gasteiger partial charge in [-0.05, 0) is 50.2 Å². The lowest BCUT2D eigenvalue weighted by atomic mass is 10.1. The first-order valence-corrected chi connectivity index (χ1v) is 9.13. The third-order valence-corrected chi connectivity index (χ3v) is 4.83. The number of benzene rings is 2. The van der Waals surface area contributed by atoms with Crippen LogP contribution in [0.25, 0.3) is 5.69 Å². The smallest absolute Gasteiger partial charge is 0.321 e. The molecule has 1 fully saturated rings. The first kappa shape index (κ1) is 17.8. The van der Waals surface area contributed by atoms with Gasteiger partial charge in [-0.1, -0.05) is 18.2 Å². The van der Waals surface area contributed by atoms with Gasteiger partial charge >= 0.3 is 6.03 Å². The number of rotatable bonds is 4. The molecule has 0 spiro atoms. The molecule has 28 heavy (non-hydrogen) atoms. The van der Waals surface area contributed by atoms with Crippen LogP contribution in [0.3, 0.4) is 0 Å². The average Bonchev–Trinajstić information content (AvgIpc) is 3.27. The molecule has 0 radical (unpaired) electrons. The Balaban J connectivity index is 1.54. The predicted octanol–water partition coefficient (Wildman–Crippen LogP) is 3.27. The molecule has 3 amide bonds. The van der Waals surface area contributed by atoms with Gasteiger partial charge in [0.15, 0.2) is 0 Å². The van der Waals surface area contributed by atoms with Crippen LogP contribution >= 0.6 is 0 Å². The van der Waals surface area contributed by atoms with E-state index in [0.717, 1.165) is 22.8 Å². The fraction of sp³-hybridized carbons (Fsp3) is 0.190. The minimum absolute atomic E-state index is 0.114. The normalized spacial score (nSPS) is 13.5. The fourth-order valence-corrected chi connectivity index (χ4v) is 3.34. The van der Waals surface area contributed by atoms with E-state index in [-0.39, 0.29) is 11.9 Å². The Morgan fingerprint density at radius 1 is 1.04 bits per heavy atom. The van der Waals surface area contributed by atoms with E-state index in [0.29, 0.717) is 24.3 Å². The molecule has 3 aromatic rings. The van der Waals surface area contributed by atoms with Crippen LogP contribution in [0, 0.1) is 13.8 Å². The zero-order valence-corrected chi connectivity index (χ0v) is 15.8.